The van der Waals surface area contributed by atoms with Crippen molar-refractivity contribution in [2.75, 3.05) is 0 Å². The first-order valence-corrected chi connectivity index (χ1v) is 15.4. The van der Waals surface area contributed by atoms with E-state index in [-0.39, 0.29) is 0 Å². The number of rotatable bonds is 6. The lowest BCUT2D eigenvalue weighted by Gasteiger charge is -2.13. The van der Waals surface area contributed by atoms with Gasteiger partial charge in [0.2, 0.25) is 0 Å². The molecule has 0 radical (unpaired) electrons. The second-order valence-electron chi connectivity index (χ2n) is 11.3. The van der Waals surface area contributed by atoms with Gasteiger partial charge in [-0.1, -0.05) is 127 Å². The van der Waals surface area contributed by atoms with Crippen molar-refractivity contribution in [3.8, 4) is 67.4 Å². The summed E-state index contributed by atoms with van der Waals surface area (Å²) >= 11 is 0. The van der Waals surface area contributed by atoms with Crippen LogP contribution in [0.15, 0.2) is 176 Å². The first-order valence-electron chi connectivity index (χ1n) is 15.4. The normalized spacial score (nSPS) is 11.0. The van der Waals surface area contributed by atoms with E-state index in [0.717, 1.165) is 61.6 Å². The Balaban J connectivity index is 1.31. The summed E-state index contributed by atoms with van der Waals surface area (Å²) in [5.74, 6) is 0.689. The average Bonchev–Trinajstić information content (AvgIpc) is 3.15. The van der Waals surface area contributed by atoms with Gasteiger partial charge < -0.3 is 0 Å². The zero-order chi connectivity index (χ0) is 30.7. The number of pyridine rings is 1. The van der Waals surface area contributed by atoms with E-state index in [1.165, 1.54) is 10.8 Å². The lowest BCUT2D eigenvalue weighted by Crippen LogP contribution is -1.97. The number of fused-ring (bicyclic) bond motifs is 1. The van der Waals surface area contributed by atoms with Crippen molar-refractivity contribution in [1.82, 2.24) is 15.0 Å². The Morgan fingerprint density at radius 1 is 0.283 bits per heavy atom. The van der Waals surface area contributed by atoms with Crippen molar-refractivity contribution in [2.45, 2.75) is 0 Å². The Bertz CT molecular complexity index is 2220. The van der Waals surface area contributed by atoms with Gasteiger partial charge in [0.25, 0.3) is 0 Å². The maximum Gasteiger partial charge on any atom is 0.160 e. The van der Waals surface area contributed by atoms with Crippen LogP contribution in [0.1, 0.15) is 0 Å². The molecule has 0 aliphatic carbocycles. The van der Waals surface area contributed by atoms with Gasteiger partial charge in [0, 0.05) is 28.5 Å². The molecule has 46 heavy (non-hydrogen) atoms. The molecule has 0 bridgehead atoms. The van der Waals surface area contributed by atoms with Crippen LogP contribution in [0, 0.1) is 0 Å². The maximum atomic E-state index is 5.15. The smallest absolute Gasteiger partial charge is 0.160 e. The predicted octanol–water partition coefficient (Wildman–Crippen LogP) is 11.0. The summed E-state index contributed by atoms with van der Waals surface area (Å²) in [6.07, 6.45) is 1.83. The second kappa shape index (κ2) is 12.1. The largest absolute Gasteiger partial charge is 0.256 e. The number of hydrogen-bond acceptors (Lipinski definition) is 3. The molecule has 2 heterocycles. The minimum atomic E-state index is 0.689. The van der Waals surface area contributed by atoms with Crippen LogP contribution in [0.4, 0.5) is 0 Å². The van der Waals surface area contributed by atoms with Crippen molar-refractivity contribution >= 4 is 10.8 Å². The van der Waals surface area contributed by atoms with E-state index in [0.29, 0.717) is 5.82 Å². The highest BCUT2D eigenvalue weighted by Gasteiger charge is 2.14. The van der Waals surface area contributed by atoms with Crippen molar-refractivity contribution < 1.29 is 0 Å². The van der Waals surface area contributed by atoms with Crippen LogP contribution in [-0.2, 0) is 0 Å². The van der Waals surface area contributed by atoms with Gasteiger partial charge in [0.15, 0.2) is 5.82 Å². The monoisotopic (exact) mass is 587 g/mol. The van der Waals surface area contributed by atoms with Gasteiger partial charge in [-0.15, -0.1) is 0 Å². The summed E-state index contributed by atoms with van der Waals surface area (Å²) in [5, 5.41) is 2.43. The highest BCUT2D eigenvalue weighted by molar-refractivity contribution is 5.89. The van der Waals surface area contributed by atoms with Gasteiger partial charge in [0.1, 0.15) is 0 Å². The summed E-state index contributed by atoms with van der Waals surface area (Å²) < 4.78 is 0. The van der Waals surface area contributed by atoms with Crippen molar-refractivity contribution in [1.29, 1.82) is 0 Å². The van der Waals surface area contributed by atoms with E-state index in [1.54, 1.807) is 0 Å². The third kappa shape index (κ3) is 5.58. The van der Waals surface area contributed by atoms with Crippen molar-refractivity contribution in [3.63, 3.8) is 0 Å². The molecule has 3 nitrogen and oxygen atoms in total. The summed E-state index contributed by atoms with van der Waals surface area (Å²) in [6, 6.07) is 59.2. The topological polar surface area (TPSA) is 38.7 Å². The molecule has 0 N–H and O–H groups in total. The number of benzene rings is 6. The minimum absolute atomic E-state index is 0.689. The molecule has 6 aromatic carbocycles. The highest BCUT2D eigenvalue weighted by atomic mass is 14.9. The molecule has 0 saturated carbocycles. The van der Waals surface area contributed by atoms with Gasteiger partial charge in [-0.2, -0.15) is 0 Å². The van der Waals surface area contributed by atoms with Crippen LogP contribution in [0.25, 0.3) is 78.2 Å². The first kappa shape index (κ1) is 27.4. The van der Waals surface area contributed by atoms with Crippen LogP contribution in [-0.4, -0.2) is 15.0 Å². The molecule has 8 aromatic rings. The standard InChI is InChI=1S/C43H29N3/c1-3-12-32(13-4-1)41-29-42(33-14-5-2-6-15-33)46-43(45-41)39-27-37(31-18-21-34(22-19-31)40-17-9-10-24-44-40)26-38(28-39)36-23-20-30-11-7-8-16-35(30)25-36/h1-29H. The molecule has 216 valence electrons. The Labute approximate surface area is 268 Å². The molecule has 0 atom stereocenters. The Kier molecular flexibility index (Phi) is 7.18. The number of nitrogens with zero attached hydrogens (tertiary/aromatic N) is 3. The van der Waals surface area contributed by atoms with E-state index in [2.05, 4.69) is 120 Å². The summed E-state index contributed by atoms with van der Waals surface area (Å²) in [6.45, 7) is 0. The van der Waals surface area contributed by atoms with Gasteiger partial charge in [-0.25, -0.2) is 9.97 Å². The molecular weight excluding hydrogens is 558 g/mol. The Morgan fingerprint density at radius 3 is 1.46 bits per heavy atom. The maximum absolute atomic E-state index is 5.15. The molecule has 0 spiro atoms. The van der Waals surface area contributed by atoms with Crippen LogP contribution < -0.4 is 0 Å². The highest BCUT2D eigenvalue weighted by Crippen LogP contribution is 2.35. The van der Waals surface area contributed by atoms with Crippen LogP contribution in [0.5, 0.6) is 0 Å². The second-order valence-corrected chi connectivity index (χ2v) is 11.3. The number of aromatic nitrogens is 3. The molecule has 0 saturated heterocycles. The van der Waals surface area contributed by atoms with E-state index in [4.69, 9.17) is 9.97 Å². The van der Waals surface area contributed by atoms with Gasteiger partial charge in [0.05, 0.1) is 17.1 Å². The van der Waals surface area contributed by atoms with Crippen LogP contribution in [0.3, 0.4) is 0 Å². The van der Waals surface area contributed by atoms with E-state index >= 15 is 0 Å². The van der Waals surface area contributed by atoms with Gasteiger partial charge in [-0.05, 0) is 75.5 Å². The first-order chi connectivity index (χ1) is 22.8. The van der Waals surface area contributed by atoms with E-state index in [1.807, 2.05) is 60.8 Å². The zero-order valence-electron chi connectivity index (χ0n) is 25.1. The molecule has 2 aromatic heterocycles. The molecule has 8 rings (SSSR count). The SMILES string of the molecule is c1ccc(-c2cc(-c3ccccc3)nc(-c3cc(-c4ccc(-c5ccccn5)cc4)cc(-c4ccc5ccccc5c4)c3)n2)cc1. The predicted molar refractivity (Wildman–Crippen MR) is 190 cm³/mol. The van der Waals surface area contributed by atoms with Crippen LogP contribution in [0.2, 0.25) is 0 Å². The summed E-state index contributed by atoms with van der Waals surface area (Å²) in [4.78, 5) is 14.8. The third-order valence-corrected chi connectivity index (χ3v) is 8.32. The average molecular weight is 588 g/mol. The Morgan fingerprint density at radius 2 is 0.804 bits per heavy atom. The molecule has 0 fully saturated rings. The minimum Gasteiger partial charge on any atom is -0.256 e. The van der Waals surface area contributed by atoms with E-state index in [9.17, 15) is 0 Å². The third-order valence-electron chi connectivity index (χ3n) is 8.32. The van der Waals surface area contributed by atoms with Crippen molar-refractivity contribution in [2.24, 2.45) is 0 Å². The zero-order valence-corrected chi connectivity index (χ0v) is 25.1. The summed E-state index contributed by atoms with van der Waals surface area (Å²) in [5.41, 5.74) is 11.4. The fourth-order valence-electron chi connectivity index (χ4n) is 5.92. The quantitative estimate of drug-likeness (QED) is 0.194. The molecular formula is C43H29N3. The van der Waals surface area contributed by atoms with Gasteiger partial charge >= 0.3 is 0 Å². The molecule has 0 amide bonds. The molecule has 0 aliphatic rings. The van der Waals surface area contributed by atoms with E-state index < -0.39 is 0 Å². The molecule has 3 heteroatoms. The summed E-state index contributed by atoms with van der Waals surface area (Å²) in [7, 11) is 0. The lowest BCUT2D eigenvalue weighted by molar-refractivity contribution is 1.18. The van der Waals surface area contributed by atoms with Crippen LogP contribution >= 0.6 is 0 Å². The van der Waals surface area contributed by atoms with Gasteiger partial charge in [-0.3, -0.25) is 4.98 Å². The fourth-order valence-corrected chi connectivity index (χ4v) is 5.92. The molecule has 0 unspecified atom stereocenters. The Hall–Kier alpha value is -6.19. The lowest BCUT2D eigenvalue weighted by atomic mass is 9.94. The molecule has 0 aliphatic heterocycles. The number of hydrogen-bond donors (Lipinski definition) is 0. The fraction of sp³-hybridized carbons (Fsp3) is 0. The van der Waals surface area contributed by atoms with Crippen molar-refractivity contribution in [3.05, 3.63) is 176 Å².